The smallest absolute Gasteiger partial charge is 0.264 e. The summed E-state index contributed by atoms with van der Waals surface area (Å²) in [6.45, 7) is 0. The normalized spacial score (nSPS) is 11.9. The van der Waals surface area contributed by atoms with Crippen molar-refractivity contribution >= 4 is 27.4 Å². The highest BCUT2D eigenvalue weighted by atomic mass is 32.2. The molecule has 0 saturated heterocycles. The molecule has 2 aromatic heterocycles. The lowest BCUT2D eigenvalue weighted by Crippen LogP contribution is -2.30. The fourth-order valence-corrected chi connectivity index (χ4v) is 3.28. The number of rotatable bonds is 6. The molecule has 0 amide bonds. The van der Waals surface area contributed by atoms with Crippen LogP contribution in [0.3, 0.4) is 0 Å². The molecule has 3 rings (SSSR count). The third-order valence-electron chi connectivity index (χ3n) is 4.13. The van der Waals surface area contributed by atoms with Crippen molar-refractivity contribution in [1.82, 2.24) is 25.1 Å². The molecule has 0 aliphatic rings. The van der Waals surface area contributed by atoms with Crippen molar-refractivity contribution < 1.29 is 8.42 Å². The van der Waals surface area contributed by atoms with Gasteiger partial charge in [-0.3, -0.25) is 15.6 Å². The molecule has 1 aromatic carbocycles. The first-order valence-corrected chi connectivity index (χ1v) is 10.2. The van der Waals surface area contributed by atoms with Crippen molar-refractivity contribution in [3.05, 3.63) is 64.7 Å². The molecule has 0 saturated carbocycles. The Bertz CT molecular complexity index is 1220. The van der Waals surface area contributed by atoms with Crippen molar-refractivity contribution in [2.45, 2.75) is 4.90 Å². The second kappa shape index (κ2) is 8.82. The van der Waals surface area contributed by atoms with Crippen LogP contribution in [0.5, 0.6) is 0 Å². The van der Waals surface area contributed by atoms with Gasteiger partial charge in [0.15, 0.2) is 0 Å². The van der Waals surface area contributed by atoms with E-state index in [4.69, 9.17) is 5.84 Å². The molecule has 0 unspecified atom stereocenters. The summed E-state index contributed by atoms with van der Waals surface area (Å²) >= 11 is 0. The van der Waals surface area contributed by atoms with E-state index in [1.165, 1.54) is 24.3 Å². The van der Waals surface area contributed by atoms with Gasteiger partial charge in [0, 0.05) is 32.1 Å². The predicted molar refractivity (Wildman–Crippen MR) is 114 cm³/mol. The lowest BCUT2D eigenvalue weighted by molar-refractivity contribution is 0.584. The molecule has 12 heteroatoms. The number of aromatic nitrogens is 3. The van der Waals surface area contributed by atoms with E-state index in [1.54, 1.807) is 43.5 Å². The number of hydrazine groups is 1. The van der Waals surface area contributed by atoms with Gasteiger partial charge in [-0.05, 0) is 36.4 Å². The zero-order valence-electron chi connectivity index (χ0n) is 16.2. The number of nitrogens with two attached hydrogens (primary N) is 1. The third kappa shape index (κ3) is 4.35. The molecule has 0 spiro atoms. The fraction of sp³-hybridized carbons (Fsp3) is 0.111. The van der Waals surface area contributed by atoms with Gasteiger partial charge in [-0.2, -0.15) is 4.83 Å². The Hall–Kier alpha value is -3.61. The second-order valence-corrected chi connectivity index (χ2v) is 7.66. The summed E-state index contributed by atoms with van der Waals surface area (Å²) in [5.41, 5.74) is 0.937. The van der Waals surface area contributed by atoms with Crippen molar-refractivity contribution in [3.8, 4) is 11.4 Å². The minimum Gasteiger partial charge on any atom is -0.372 e. The van der Waals surface area contributed by atoms with Crippen LogP contribution in [-0.2, 0) is 10.0 Å². The Morgan fingerprint density at radius 2 is 1.77 bits per heavy atom. The number of anilines is 1. The highest BCUT2D eigenvalue weighted by molar-refractivity contribution is 7.89. The summed E-state index contributed by atoms with van der Waals surface area (Å²) in [5, 5.41) is 5.80. The maximum atomic E-state index is 12.8. The second-order valence-electron chi connectivity index (χ2n) is 5.95. The van der Waals surface area contributed by atoms with Gasteiger partial charge >= 0.3 is 0 Å². The molecule has 0 bridgehead atoms. The van der Waals surface area contributed by atoms with E-state index in [0.717, 1.165) is 0 Å². The van der Waals surface area contributed by atoms with Crippen LogP contribution in [0.2, 0.25) is 0 Å². The molecule has 3 aromatic rings. The number of aliphatic imine (C=N–C) groups is 1. The molecule has 2 heterocycles. The Morgan fingerprint density at radius 3 is 2.33 bits per heavy atom. The topological polar surface area (TPSA) is 167 Å². The van der Waals surface area contributed by atoms with E-state index in [9.17, 15) is 13.2 Å². The van der Waals surface area contributed by atoms with Crippen LogP contribution < -0.4 is 26.9 Å². The Labute approximate surface area is 172 Å². The minimum absolute atomic E-state index is 0.00732. The highest BCUT2D eigenvalue weighted by Crippen LogP contribution is 2.20. The molecule has 11 nitrogen and oxygen atoms in total. The van der Waals surface area contributed by atoms with Gasteiger partial charge in [0.25, 0.3) is 15.6 Å². The number of aromatic amines is 1. The van der Waals surface area contributed by atoms with Gasteiger partial charge in [0.2, 0.25) is 0 Å². The molecule has 0 fully saturated rings. The van der Waals surface area contributed by atoms with Gasteiger partial charge in [0.05, 0.1) is 10.6 Å². The third-order valence-corrected chi connectivity index (χ3v) is 5.33. The summed E-state index contributed by atoms with van der Waals surface area (Å²) in [6, 6.07) is 9.16. The average molecular weight is 428 g/mol. The molecule has 0 atom stereocenters. The van der Waals surface area contributed by atoms with Crippen molar-refractivity contribution in [2.24, 2.45) is 10.8 Å². The SMILES string of the molecule is CNC(=Nc1ccc(S(=O)(=O)NN)cc1)c1c(NC)nc(-c2ccncc2)[nH]c1=O. The maximum Gasteiger partial charge on any atom is 0.264 e. The highest BCUT2D eigenvalue weighted by Gasteiger charge is 2.17. The first-order valence-electron chi connectivity index (χ1n) is 8.71. The number of amidine groups is 1. The van der Waals surface area contributed by atoms with Crippen LogP contribution in [0.15, 0.2) is 63.5 Å². The monoisotopic (exact) mass is 428 g/mol. The molecule has 0 aliphatic heterocycles. The van der Waals surface area contributed by atoms with Crippen molar-refractivity contribution in [1.29, 1.82) is 0 Å². The van der Waals surface area contributed by atoms with Gasteiger partial charge in [-0.25, -0.2) is 18.4 Å². The lowest BCUT2D eigenvalue weighted by Gasteiger charge is -2.12. The van der Waals surface area contributed by atoms with E-state index in [2.05, 4.69) is 30.6 Å². The van der Waals surface area contributed by atoms with Gasteiger partial charge in [-0.1, -0.05) is 0 Å². The maximum absolute atomic E-state index is 12.8. The van der Waals surface area contributed by atoms with Gasteiger partial charge in [0.1, 0.15) is 23.0 Å². The fourth-order valence-electron chi connectivity index (χ4n) is 2.65. The molecular formula is C18H20N8O3S. The summed E-state index contributed by atoms with van der Waals surface area (Å²) in [5.74, 6) is 5.99. The Morgan fingerprint density at radius 1 is 1.10 bits per heavy atom. The minimum atomic E-state index is -3.77. The van der Waals surface area contributed by atoms with E-state index in [0.29, 0.717) is 22.9 Å². The first kappa shape index (κ1) is 21.1. The van der Waals surface area contributed by atoms with Crippen molar-refractivity contribution in [3.63, 3.8) is 0 Å². The average Bonchev–Trinajstić information content (AvgIpc) is 2.78. The summed E-state index contributed by atoms with van der Waals surface area (Å²) in [4.78, 5) is 30.2. The largest absolute Gasteiger partial charge is 0.372 e. The summed E-state index contributed by atoms with van der Waals surface area (Å²) in [6.07, 6.45) is 3.21. The Balaban J connectivity index is 2.05. The standard InChI is InChI=1S/C18H20N8O3S/c1-20-16(23-12-3-5-13(6-4-12)30(28,29)26-19)14-17(21-2)24-15(25-18(14)27)11-7-9-22-10-8-11/h3-10,26H,19H2,1-2H3,(H,20,23)(H2,21,24,25,27). The van der Waals surface area contributed by atoms with E-state index >= 15 is 0 Å². The summed E-state index contributed by atoms with van der Waals surface area (Å²) in [7, 11) is -0.502. The molecule has 156 valence electrons. The van der Waals surface area contributed by atoms with E-state index in [1.807, 2.05) is 0 Å². The van der Waals surface area contributed by atoms with Crippen molar-refractivity contribution in [2.75, 3.05) is 19.4 Å². The zero-order chi connectivity index (χ0) is 21.7. The van der Waals surface area contributed by atoms with E-state index < -0.39 is 15.6 Å². The van der Waals surface area contributed by atoms with Gasteiger partial charge in [-0.15, -0.1) is 0 Å². The predicted octanol–water partition coefficient (Wildman–Crippen LogP) is 0.323. The zero-order valence-corrected chi connectivity index (χ0v) is 17.0. The van der Waals surface area contributed by atoms with Crippen LogP contribution >= 0.6 is 0 Å². The first-order chi connectivity index (χ1) is 14.4. The number of nitrogens with one attached hydrogen (secondary N) is 4. The molecule has 0 radical (unpaired) electrons. The number of hydrogen-bond acceptors (Lipinski definition) is 8. The number of nitrogens with zero attached hydrogens (tertiary/aromatic N) is 3. The van der Waals surface area contributed by atoms with Crippen LogP contribution in [0.4, 0.5) is 11.5 Å². The van der Waals surface area contributed by atoms with Crippen LogP contribution in [0.1, 0.15) is 5.56 Å². The number of hydrogen-bond donors (Lipinski definition) is 5. The van der Waals surface area contributed by atoms with Crippen LogP contribution in [0, 0.1) is 0 Å². The number of H-pyrrole nitrogens is 1. The molecule has 0 aliphatic carbocycles. The molecule has 6 N–H and O–H groups in total. The van der Waals surface area contributed by atoms with Crippen LogP contribution in [0.25, 0.3) is 11.4 Å². The molecule has 30 heavy (non-hydrogen) atoms. The quantitative estimate of drug-likeness (QED) is 0.162. The van der Waals surface area contributed by atoms with E-state index in [-0.39, 0.29) is 16.3 Å². The molecular weight excluding hydrogens is 408 g/mol. The van der Waals surface area contributed by atoms with Crippen LogP contribution in [-0.4, -0.2) is 43.3 Å². The van der Waals surface area contributed by atoms with Gasteiger partial charge < -0.3 is 15.6 Å². The summed E-state index contributed by atoms with van der Waals surface area (Å²) < 4.78 is 23.5. The Kier molecular flexibility index (Phi) is 6.20. The number of pyridine rings is 1. The lowest BCUT2D eigenvalue weighted by atomic mass is 10.2. The number of benzene rings is 1. The number of sulfonamides is 1.